The molecule has 0 aliphatic heterocycles. The van der Waals surface area contributed by atoms with Gasteiger partial charge < -0.3 is 14.6 Å². The van der Waals surface area contributed by atoms with Crippen molar-refractivity contribution in [2.75, 3.05) is 6.26 Å². The highest BCUT2D eigenvalue weighted by Crippen LogP contribution is 2.29. The van der Waals surface area contributed by atoms with Gasteiger partial charge in [-0.2, -0.15) is 0 Å². The SMILES string of the molecule is CCc1nc(SC)c(C(=O)OC(C)CC)n1Cc1ccc(-c2ccccc2S(=O)(=O)NC(=O)NC(c2ccccc2)c2ccccc2)cc1. The monoisotopic (exact) mass is 696 g/mol. The summed E-state index contributed by atoms with van der Waals surface area (Å²) in [6.07, 6.45) is 3.00. The summed E-state index contributed by atoms with van der Waals surface area (Å²) in [6, 6.07) is 31.3. The topological polar surface area (TPSA) is 119 Å². The van der Waals surface area contributed by atoms with Crippen LogP contribution in [0.2, 0.25) is 0 Å². The Morgan fingerprint density at radius 2 is 1.45 bits per heavy atom. The maximum absolute atomic E-state index is 13.7. The zero-order valence-corrected chi connectivity index (χ0v) is 29.6. The Bertz CT molecular complexity index is 1960. The molecule has 1 atom stereocenters. The van der Waals surface area contributed by atoms with E-state index in [9.17, 15) is 18.0 Å². The Kier molecular flexibility index (Phi) is 11.6. The number of aromatic nitrogens is 2. The molecule has 0 aliphatic rings. The van der Waals surface area contributed by atoms with Crippen LogP contribution in [0.1, 0.15) is 66.2 Å². The van der Waals surface area contributed by atoms with E-state index >= 15 is 0 Å². The fraction of sp³-hybridized carbons (Fsp3) is 0.237. The highest BCUT2D eigenvalue weighted by molar-refractivity contribution is 7.98. The molecule has 9 nitrogen and oxygen atoms in total. The van der Waals surface area contributed by atoms with E-state index in [4.69, 9.17) is 9.72 Å². The maximum Gasteiger partial charge on any atom is 0.358 e. The number of hydrogen-bond acceptors (Lipinski definition) is 7. The number of aryl methyl sites for hydroxylation is 1. The van der Waals surface area contributed by atoms with E-state index in [1.165, 1.54) is 17.8 Å². The largest absolute Gasteiger partial charge is 0.458 e. The zero-order chi connectivity index (χ0) is 35.0. The molecular weight excluding hydrogens is 657 g/mol. The van der Waals surface area contributed by atoms with Gasteiger partial charge in [-0.1, -0.05) is 117 Å². The summed E-state index contributed by atoms with van der Waals surface area (Å²) in [5.41, 5.74) is 4.04. The minimum absolute atomic E-state index is 0.0311. The molecule has 1 unspecified atom stereocenters. The van der Waals surface area contributed by atoms with Crippen molar-refractivity contribution in [3.05, 3.63) is 137 Å². The van der Waals surface area contributed by atoms with Gasteiger partial charge in [0.2, 0.25) is 0 Å². The Morgan fingerprint density at radius 1 is 0.857 bits per heavy atom. The number of urea groups is 1. The summed E-state index contributed by atoms with van der Waals surface area (Å²) >= 11 is 1.40. The molecule has 2 amide bonds. The predicted molar refractivity (Wildman–Crippen MR) is 193 cm³/mol. The summed E-state index contributed by atoms with van der Waals surface area (Å²) in [5.74, 6) is 0.365. The van der Waals surface area contributed by atoms with Crippen LogP contribution in [-0.4, -0.2) is 42.3 Å². The number of carbonyl (C=O) groups is 2. The average Bonchev–Trinajstić information content (AvgIpc) is 3.48. The first-order chi connectivity index (χ1) is 23.6. The minimum Gasteiger partial charge on any atom is -0.458 e. The molecule has 0 bridgehead atoms. The first-order valence-corrected chi connectivity index (χ1v) is 18.8. The quantitative estimate of drug-likeness (QED) is 0.0961. The van der Waals surface area contributed by atoms with Crippen molar-refractivity contribution in [3.63, 3.8) is 0 Å². The number of carbonyl (C=O) groups excluding carboxylic acids is 2. The number of thioether (sulfide) groups is 1. The molecule has 0 radical (unpaired) electrons. The third kappa shape index (κ3) is 8.41. The smallest absolute Gasteiger partial charge is 0.358 e. The second-order valence-corrected chi connectivity index (χ2v) is 13.9. The van der Waals surface area contributed by atoms with E-state index in [1.807, 2.05) is 117 Å². The number of esters is 1. The molecule has 0 aliphatic carbocycles. The Hall–Kier alpha value is -4.87. The van der Waals surface area contributed by atoms with Crippen LogP contribution in [0.3, 0.4) is 0 Å². The molecule has 0 spiro atoms. The zero-order valence-electron chi connectivity index (χ0n) is 27.9. The highest BCUT2D eigenvalue weighted by atomic mass is 32.2. The maximum atomic E-state index is 13.7. The van der Waals surface area contributed by atoms with Gasteiger partial charge in [-0.15, -0.1) is 11.8 Å². The summed E-state index contributed by atoms with van der Waals surface area (Å²) in [5, 5.41) is 3.46. The molecule has 0 saturated carbocycles. The van der Waals surface area contributed by atoms with Gasteiger partial charge in [-0.25, -0.2) is 27.7 Å². The second kappa shape index (κ2) is 16.0. The van der Waals surface area contributed by atoms with E-state index in [2.05, 4.69) is 10.0 Å². The lowest BCUT2D eigenvalue weighted by Gasteiger charge is -2.20. The van der Waals surface area contributed by atoms with Gasteiger partial charge in [0.25, 0.3) is 10.0 Å². The van der Waals surface area contributed by atoms with E-state index in [-0.39, 0.29) is 11.0 Å². The third-order valence-corrected chi connectivity index (χ3v) is 10.2. The van der Waals surface area contributed by atoms with Crippen LogP contribution in [0.4, 0.5) is 4.79 Å². The molecule has 1 aromatic heterocycles. The number of rotatable bonds is 13. The number of sulfonamides is 1. The number of benzene rings is 4. The van der Waals surface area contributed by atoms with Gasteiger partial charge in [-0.05, 0) is 47.9 Å². The van der Waals surface area contributed by atoms with Crippen molar-refractivity contribution in [1.29, 1.82) is 0 Å². The van der Waals surface area contributed by atoms with Crippen molar-refractivity contribution in [2.24, 2.45) is 0 Å². The molecule has 49 heavy (non-hydrogen) atoms. The van der Waals surface area contributed by atoms with Gasteiger partial charge in [-0.3, -0.25) is 0 Å². The minimum atomic E-state index is -4.27. The summed E-state index contributed by atoms with van der Waals surface area (Å²) in [7, 11) is -4.27. The van der Waals surface area contributed by atoms with Crippen molar-refractivity contribution >= 4 is 33.8 Å². The predicted octanol–water partition coefficient (Wildman–Crippen LogP) is 7.62. The van der Waals surface area contributed by atoms with Crippen LogP contribution in [-0.2, 0) is 27.7 Å². The fourth-order valence-electron chi connectivity index (χ4n) is 5.48. The standard InChI is InChI=1S/C38H40N4O5S2/c1-5-26(3)47-37(43)35-36(48-4)39-33(6-2)42(35)25-27-21-23-28(24-22-27)31-19-13-14-20-32(31)49(45,46)41-38(44)40-34(29-15-9-7-10-16-29)30-17-11-8-12-18-30/h7-24,26,34H,5-6,25H2,1-4H3,(H2,40,41,44). The van der Waals surface area contributed by atoms with Crippen molar-refractivity contribution < 1.29 is 22.7 Å². The molecule has 254 valence electrons. The first kappa shape index (κ1) is 35.4. The number of amides is 2. The molecular formula is C38H40N4O5S2. The molecule has 2 N–H and O–H groups in total. The van der Waals surface area contributed by atoms with Crippen LogP contribution in [0.5, 0.6) is 0 Å². The number of imidazole rings is 1. The van der Waals surface area contributed by atoms with Crippen LogP contribution in [0, 0.1) is 0 Å². The molecule has 11 heteroatoms. The Morgan fingerprint density at radius 3 is 2.02 bits per heavy atom. The Labute approximate surface area is 292 Å². The van der Waals surface area contributed by atoms with Crippen LogP contribution in [0.15, 0.2) is 119 Å². The third-order valence-electron chi connectivity index (χ3n) is 8.15. The normalized spacial score (nSPS) is 12.0. The average molecular weight is 697 g/mol. The van der Waals surface area contributed by atoms with Gasteiger partial charge >= 0.3 is 12.0 Å². The van der Waals surface area contributed by atoms with Crippen LogP contribution < -0.4 is 10.0 Å². The molecule has 0 saturated heterocycles. The van der Waals surface area contributed by atoms with Gasteiger partial charge in [0, 0.05) is 18.5 Å². The molecule has 5 aromatic rings. The lowest BCUT2D eigenvalue weighted by molar-refractivity contribution is 0.0317. The van der Waals surface area contributed by atoms with Crippen molar-refractivity contribution in [3.8, 4) is 11.1 Å². The van der Waals surface area contributed by atoms with Gasteiger partial charge in [0.1, 0.15) is 10.9 Å². The number of hydrogen-bond donors (Lipinski definition) is 2. The van der Waals surface area contributed by atoms with Crippen LogP contribution in [0.25, 0.3) is 11.1 Å². The highest BCUT2D eigenvalue weighted by Gasteiger charge is 2.26. The molecule has 0 fully saturated rings. The van der Waals surface area contributed by atoms with Gasteiger partial charge in [0.05, 0.1) is 17.0 Å². The lowest BCUT2D eigenvalue weighted by atomic mass is 9.99. The van der Waals surface area contributed by atoms with E-state index in [0.717, 1.165) is 22.5 Å². The number of nitrogens with one attached hydrogen (secondary N) is 2. The summed E-state index contributed by atoms with van der Waals surface area (Å²) < 4.78 is 37.1. The van der Waals surface area contributed by atoms with E-state index in [1.54, 1.807) is 18.2 Å². The number of nitrogens with zero attached hydrogens (tertiary/aromatic N) is 2. The lowest BCUT2D eigenvalue weighted by Crippen LogP contribution is -2.41. The molecule has 5 rings (SSSR count). The Balaban J connectivity index is 1.38. The van der Waals surface area contributed by atoms with Gasteiger partial charge in [0.15, 0.2) is 5.69 Å². The second-order valence-electron chi connectivity index (χ2n) is 11.5. The van der Waals surface area contributed by atoms with Crippen molar-refractivity contribution in [1.82, 2.24) is 19.6 Å². The summed E-state index contributed by atoms with van der Waals surface area (Å²) in [4.78, 5) is 31.1. The first-order valence-electron chi connectivity index (χ1n) is 16.1. The van der Waals surface area contributed by atoms with E-state index < -0.39 is 28.1 Å². The summed E-state index contributed by atoms with van der Waals surface area (Å²) in [6.45, 7) is 6.20. The molecule has 4 aromatic carbocycles. The number of ether oxygens (including phenoxy) is 1. The fourth-order valence-corrected chi connectivity index (χ4v) is 7.21. The molecule has 1 heterocycles. The van der Waals surface area contributed by atoms with Crippen molar-refractivity contribution in [2.45, 2.75) is 62.2 Å². The van der Waals surface area contributed by atoms with E-state index in [0.29, 0.717) is 41.2 Å². The van der Waals surface area contributed by atoms with Crippen LogP contribution >= 0.6 is 11.8 Å².